The van der Waals surface area contributed by atoms with Gasteiger partial charge in [-0.3, -0.25) is 4.21 Å². The average molecular weight is 348 g/mol. The van der Waals surface area contributed by atoms with Crippen molar-refractivity contribution in [3.05, 3.63) is 65.5 Å². The van der Waals surface area contributed by atoms with Crippen LogP contribution in [0.3, 0.4) is 0 Å². The van der Waals surface area contributed by atoms with Crippen LogP contribution in [-0.4, -0.2) is 23.0 Å². The number of carbonyl (C=O) groups excluding carboxylic acids is 1. The van der Waals surface area contributed by atoms with Crippen molar-refractivity contribution in [2.24, 2.45) is 0 Å². The zero-order chi connectivity index (χ0) is 17.4. The molecular weight excluding hydrogens is 327 g/mol. The second-order valence-corrected chi connectivity index (χ2v) is 6.82. The summed E-state index contributed by atoms with van der Waals surface area (Å²) in [6.45, 7) is 0.933. The molecule has 1 atom stereocenters. The number of nitrogens with one attached hydrogen (secondary N) is 2. The third-order valence-corrected chi connectivity index (χ3v) is 4.46. The topological polar surface area (TPSA) is 58.2 Å². The van der Waals surface area contributed by atoms with Gasteiger partial charge in [0.25, 0.3) is 0 Å². The number of urea groups is 1. The fourth-order valence-corrected chi connectivity index (χ4v) is 2.75. The van der Waals surface area contributed by atoms with E-state index in [4.69, 9.17) is 0 Å². The Morgan fingerprint density at radius 3 is 2.50 bits per heavy atom. The average Bonchev–Trinajstić information content (AvgIpc) is 2.57. The molecule has 6 heteroatoms. The van der Waals surface area contributed by atoms with Gasteiger partial charge in [-0.15, -0.1) is 0 Å². The molecular formula is C18H21FN2O2S. The maximum absolute atomic E-state index is 13.0. The lowest BCUT2D eigenvalue weighted by Gasteiger charge is -2.08. The van der Waals surface area contributed by atoms with E-state index < -0.39 is 10.8 Å². The highest BCUT2D eigenvalue weighted by atomic mass is 32.2. The predicted molar refractivity (Wildman–Crippen MR) is 93.7 cm³/mol. The molecule has 0 radical (unpaired) electrons. The first-order valence-electron chi connectivity index (χ1n) is 7.73. The van der Waals surface area contributed by atoms with Gasteiger partial charge in [0.1, 0.15) is 5.82 Å². The quantitative estimate of drug-likeness (QED) is 0.756. The molecule has 0 heterocycles. The lowest BCUT2D eigenvalue weighted by molar-refractivity contribution is 0.240. The molecule has 0 unspecified atom stereocenters. The molecule has 0 bridgehead atoms. The van der Waals surface area contributed by atoms with Crippen LogP contribution in [0.5, 0.6) is 0 Å². The highest BCUT2D eigenvalue weighted by Gasteiger charge is 2.02. The number of carbonyl (C=O) groups is 1. The molecule has 2 amide bonds. The van der Waals surface area contributed by atoms with Crippen LogP contribution >= 0.6 is 0 Å². The monoisotopic (exact) mass is 348 g/mol. The van der Waals surface area contributed by atoms with Crippen molar-refractivity contribution in [3.8, 4) is 0 Å². The van der Waals surface area contributed by atoms with Gasteiger partial charge in [0, 0.05) is 35.0 Å². The Morgan fingerprint density at radius 2 is 1.83 bits per heavy atom. The van der Waals surface area contributed by atoms with E-state index in [0.717, 1.165) is 22.4 Å². The van der Waals surface area contributed by atoms with Crippen LogP contribution in [0.2, 0.25) is 0 Å². The normalized spacial score (nSPS) is 11.8. The van der Waals surface area contributed by atoms with Crippen molar-refractivity contribution < 1.29 is 13.4 Å². The molecule has 2 aromatic rings. The Labute approximate surface area is 143 Å². The van der Waals surface area contributed by atoms with E-state index in [1.807, 2.05) is 18.2 Å². The summed E-state index contributed by atoms with van der Waals surface area (Å²) < 4.78 is 24.3. The summed E-state index contributed by atoms with van der Waals surface area (Å²) in [6, 6.07) is 13.5. The smallest absolute Gasteiger partial charge is 0.315 e. The van der Waals surface area contributed by atoms with Gasteiger partial charge < -0.3 is 10.6 Å². The van der Waals surface area contributed by atoms with Crippen LogP contribution in [0.1, 0.15) is 17.5 Å². The molecule has 0 aliphatic carbocycles. The number of rotatable bonds is 7. The summed E-state index contributed by atoms with van der Waals surface area (Å²) in [7, 11) is -0.996. The van der Waals surface area contributed by atoms with Crippen molar-refractivity contribution in [3.63, 3.8) is 0 Å². The van der Waals surface area contributed by atoms with Crippen molar-refractivity contribution in [1.82, 2.24) is 10.6 Å². The summed E-state index contributed by atoms with van der Waals surface area (Å²) in [5, 5.41) is 5.54. The molecule has 2 N–H and O–H groups in total. The van der Waals surface area contributed by atoms with E-state index in [1.54, 1.807) is 24.5 Å². The van der Waals surface area contributed by atoms with Gasteiger partial charge in [-0.1, -0.05) is 24.3 Å². The molecule has 0 spiro atoms. The maximum Gasteiger partial charge on any atom is 0.315 e. The predicted octanol–water partition coefficient (Wildman–Crippen LogP) is 3.00. The van der Waals surface area contributed by atoms with E-state index >= 15 is 0 Å². The first-order chi connectivity index (χ1) is 11.5. The molecule has 2 rings (SSSR count). The standard InChI is InChI=1S/C18H21FN2O2S/c1-24(23)17-9-7-15(8-10-17)13-21-18(22)20-11-3-5-14-4-2-6-16(19)12-14/h2,4,6-10,12H,3,5,11,13H2,1H3,(H2,20,21,22)/t24-/m0/s1. The van der Waals surface area contributed by atoms with Crippen LogP contribution in [0.4, 0.5) is 9.18 Å². The molecule has 24 heavy (non-hydrogen) atoms. The fraction of sp³-hybridized carbons (Fsp3) is 0.278. The van der Waals surface area contributed by atoms with Crippen LogP contribution in [0, 0.1) is 5.82 Å². The van der Waals surface area contributed by atoms with E-state index in [-0.39, 0.29) is 11.8 Å². The maximum atomic E-state index is 13.0. The minimum Gasteiger partial charge on any atom is -0.338 e. The second-order valence-electron chi connectivity index (χ2n) is 5.44. The number of halogens is 1. The molecule has 0 saturated heterocycles. The third-order valence-electron chi connectivity index (χ3n) is 3.53. The van der Waals surface area contributed by atoms with Gasteiger partial charge in [-0.25, -0.2) is 9.18 Å². The number of benzene rings is 2. The van der Waals surface area contributed by atoms with E-state index in [9.17, 15) is 13.4 Å². The molecule has 0 aliphatic heterocycles. The van der Waals surface area contributed by atoms with Crippen molar-refractivity contribution in [2.45, 2.75) is 24.3 Å². The molecule has 128 valence electrons. The zero-order valence-corrected chi connectivity index (χ0v) is 14.4. The minimum absolute atomic E-state index is 0.239. The highest BCUT2D eigenvalue weighted by Crippen LogP contribution is 2.07. The first kappa shape index (κ1) is 18.1. The van der Waals surface area contributed by atoms with E-state index in [2.05, 4.69) is 10.6 Å². The lowest BCUT2D eigenvalue weighted by Crippen LogP contribution is -2.35. The molecule has 0 aliphatic rings. The van der Waals surface area contributed by atoms with E-state index in [1.165, 1.54) is 12.1 Å². The van der Waals surface area contributed by atoms with Crippen molar-refractivity contribution in [1.29, 1.82) is 0 Å². The number of hydrogen-bond acceptors (Lipinski definition) is 2. The molecule has 4 nitrogen and oxygen atoms in total. The summed E-state index contributed by atoms with van der Waals surface area (Å²) >= 11 is 0. The van der Waals surface area contributed by atoms with Gasteiger partial charge in [-0.05, 0) is 48.2 Å². The molecule has 0 saturated carbocycles. The number of amides is 2. The Kier molecular flexibility index (Phi) is 6.93. The van der Waals surface area contributed by atoms with Crippen LogP contribution in [0.15, 0.2) is 53.4 Å². The van der Waals surface area contributed by atoms with Gasteiger partial charge in [-0.2, -0.15) is 0 Å². The Morgan fingerprint density at radius 1 is 1.08 bits per heavy atom. The molecule has 0 fully saturated rings. The second kappa shape index (κ2) is 9.17. The zero-order valence-electron chi connectivity index (χ0n) is 13.5. The molecule has 2 aromatic carbocycles. The van der Waals surface area contributed by atoms with Gasteiger partial charge in [0.2, 0.25) is 0 Å². The highest BCUT2D eigenvalue weighted by molar-refractivity contribution is 7.84. The number of aryl methyl sites for hydroxylation is 1. The minimum atomic E-state index is -0.996. The SMILES string of the molecule is C[S@](=O)c1ccc(CNC(=O)NCCCc2cccc(F)c2)cc1. The summed E-state index contributed by atoms with van der Waals surface area (Å²) in [4.78, 5) is 12.5. The van der Waals surface area contributed by atoms with Crippen molar-refractivity contribution >= 4 is 16.8 Å². The lowest BCUT2D eigenvalue weighted by atomic mass is 10.1. The van der Waals surface area contributed by atoms with Crippen LogP contribution in [0.25, 0.3) is 0 Å². The summed E-state index contributed by atoms with van der Waals surface area (Å²) in [5.74, 6) is -0.240. The van der Waals surface area contributed by atoms with Gasteiger partial charge in [0.15, 0.2) is 0 Å². The Bertz CT molecular complexity index is 704. The van der Waals surface area contributed by atoms with Gasteiger partial charge >= 0.3 is 6.03 Å². The van der Waals surface area contributed by atoms with E-state index in [0.29, 0.717) is 19.5 Å². The number of hydrogen-bond donors (Lipinski definition) is 2. The van der Waals surface area contributed by atoms with Crippen LogP contribution in [-0.2, 0) is 23.8 Å². The van der Waals surface area contributed by atoms with Crippen molar-refractivity contribution in [2.75, 3.05) is 12.8 Å². The largest absolute Gasteiger partial charge is 0.338 e. The van der Waals surface area contributed by atoms with Crippen LogP contribution < -0.4 is 10.6 Å². The summed E-state index contributed by atoms with van der Waals surface area (Å²) in [5.41, 5.74) is 1.87. The molecule has 0 aromatic heterocycles. The Balaban J connectivity index is 1.65. The Hall–Kier alpha value is -2.21. The first-order valence-corrected chi connectivity index (χ1v) is 9.29. The summed E-state index contributed by atoms with van der Waals surface area (Å²) in [6.07, 6.45) is 3.09. The third kappa shape index (κ3) is 6.12. The fourth-order valence-electron chi connectivity index (χ4n) is 2.23. The van der Waals surface area contributed by atoms with Gasteiger partial charge in [0.05, 0.1) is 0 Å².